The number of nitrogens with zero attached hydrogens (tertiary/aromatic N) is 3. The number of hydrogen-bond donors (Lipinski definition) is 2. The number of nitrogens with one attached hydrogen (secondary N) is 1. The molecule has 1 aliphatic rings. The molecule has 1 atom stereocenters. The molecule has 3 N–H and O–H groups in total. The van der Waals surface area contributed by atoms with Gasteiger partial charge in [0.25, 0.3) is 0 Å². The first-order chi connectivity index (χ1) is 14.6. The van der Waals surface area contributed by atoms with E-state index in [9.17, 15) is 0 Å². The molecule has 3 aromatic rings. The number of thiazole rings is 1. The van der Waals surface area contributed by atoms with E-state index >= 15 is 0 Å². The van der Waals surface area contributed by atoms with E-state index in [1.54, 1.807) is 23.1 Å². The second kappa shape index (κ2) is 9.96. The second-order valence-electron chi connectivity index (χ2n) is 7.64. The van der Waals surface area contributed by atoms with Crippen LogP contribution in [0.15, 0.2) is 51.0 Å². The largest absolute Gasteiger partial charge is 0.382 e. The fourth-order valence-electron chi connectivity index (χ4n) is 3.68. The Kier molecular flexibility index (Phi) is 7.09. The van der Waals surface area contributed by atoms with E-state index in [1.807, 2.05) is 11.4 Å². The third-order valence-electron chi connectivity index (χ3n) is 5.09. The average Bonchev–Trinajstić information content (AvgIpc) is 3.38. The van der Waals surface area contributed by atoms with Crippen LogP contribution in [-0.2, 0) is 6.54 Å². The molecule has 1 fully saturated rings. The van der Waals surface area contributed by atoms with Gasteiger partial charge in [0.05, 0.1) is 9.09 Å². The van der Waals surface area contributed by atoms with Crippen LogP contribution in [0.3, 0.4) is 0 Å². The fourth-order valence-corrected chi connectivity index (χ4v) is 5.77. The summed E-state index contributed by atoms with van der Waals surface area (Å²) in [5, 5.41) is 6.16. The minimum atomic E-state index is 0.509. The number of rotatable bonds is 7. The van der Waals surface area contributed by atoms with Gasteiger partial charge in [-0.05, 0) is 61.4 Å². The fraction of sp³-hybridized carbons (Fsp3) is 0.364. The molecule has 3 heterocycles. The molecule has 4 rings (SSSR count). The van der Waals surface area contributed by atoms with Crippen LogP contribution in [0, 0.1) is 5.92 Å². The summed E-state index contributed by atoms with van der Waals surface area (Å²) in [4.78, 5) is 12.6. The zero-order valence-electron chi connectivity index (χ0n) is 17.3. The van der Waals surface area contributed by atoms with Crippen LogP contribution < -0.4 is 11.1 Å². The van der Waals surface area contributed by atoms with Gasteiger partial charge < -0.3 is 11.1 Å². The summed E-state index contributed by atoms with van der Waals surface area (Å²) in [7, 11) is 0. The number of aromatic nitrogens is 1. The van der Waals surface area contributed by atoms with Crippen molar-refractivity contribution in [2.24, 2.45) is 16.6 Å². The lowest BCUT2D eigenvalue weighted by Crippen LogP contribution is -2.33. The van der Waals surface area contributed by atoms with E-state index < -0.39 is 0 Å². The molecule has 158 valence electrons. The van der Waals surface area contributed by atoms with E-state index in [0.717, 1.165) is 28.2 Å². The van der Waals surface area contributed by atoms with E-state index in [4.69, 9.17) is 5.73 Å². The van der Waals surface area contributed by atoms with Crippen LogP contribution in [0.1, 0.15) is 30.2 Å². The molecule has 0 spiro atoms. The highest BCUT2D eigenvalue weighted by atomic mass is 32.2. The molecule has 0 amide bonds. The van der Waals surface area contributed by atoms with E-state index in [0.29, 0.717) is 11.7 Å². The normalized spacial score (nSPS) is 17.9. The molecule has 2 aromatic heterocycles. The number of nitrogens with two attached hydrogens (primary N) is 1. The van der Waals surface area contributed by atoms with Gasteiger partial charge in [-0.1, -0.05) is 19.1 Å². The van der Waals surface area contributed by atoms with Crippen LogP contribution in [0.25, 0.3) is 0 Å². The Labute approximate surface area is 190 Å². The molecular formula is C22H27N5S3. The van der Waals surface area contributed by atoms with E-state index in [2.05, 4.69) is 63.7 Å². The molecular weight excluding hydrogens is 430 g/mol. The summed E-state index contributed by atoms with van der Waals surface area (Å²) in [6, 6.07) is 12.7. The average molecular weight is 458 g/mol. The van der Waals surface area contributed by atoms with Crippen molar-refractivity contribution < 1.29 is 0 Å². The van der Waals surface area contributed by atoms with Gasteiger partial charge in [0.2, 0.25) is 0 Å². The summed E-state index contributed by atoms with van der Waals surface area (Å²) in [5.41, 5.74) is 8.55. The zero-order valence-corrected chi connectivity index (χ0v) is 19.7. The summed E-state index contributed by atoms with van der Waals surface area (Å²) in [6.07, 6.45) is 4.71. The van der Waals surface area contributed by atoms with Gasteiger partial charge in [-0.15, -0.1) is 34.4 Å². The third-order valence-corrected chi connectivity index (χ3v) is 8.02. The Morgan fingerprint density at radius 1 is 1.37 bits per heavy atom. The highest BCUT2D eigenvalue weighted by Gasteiger charge is 2.16. The summed E-state index contributed by atoms with van der Waals surface area (Å²) >= 11 is 4.90. The van der Waals surface area contributed by atoms with Crippen molar-refractivity contribution >= 4 is 56.9 Å². The van der Waals surface area contributed by atoms with E-state index in [-0.39, 0.29) is 0 Å². The summed E-state index contributed by atoms with van der Waals surface area (Å²) in [5.74, 6) is 1.94. The minimum Gasteiger partial charge on any atom is -0.382 e. The van der Waals surface area contributed by atoms with Gasteiger partial charge in [-0.2, -0.15) is 0 Å². The number of thiophene rings is 1. The third kappa shape index (κ3) is 5.63. The Morgan fingerprint density at radius 3 is 3.07 bits per heavy atom. The van der Waals surface area contributed by atoms with Gasteiger partial charge in [0, 0.05) is 24.2 Å². The maximum Gasteiger partial charge on any atom is 0.189 e. The number of aliphatic imine (C=N–C) groups is 1. The number of piperidine rings is 1. The van der Waals surface area contributed by atoms with Crippen molar-refractivity contribution in [2.45, 2.75) is 30.5 Å². The zero-order chi connectivity index (χ0) is 20.9. The highest BCUT2D eigenvalue weighted by molar-refractivity contribution is 8.00. The molecule has 1 aliphatic heterocycles. The topological polar surface area (TPSA) is 66.5 Å². The van der Waals surface area contributed by atoms with Crippen LogP contribution in [-0.4, -0.2) is 35.1 Å². The maximum absolute atomic E-state index is 6.17. The Balaban J connectivity index is 1.40. The van der Waals surface area contributed by atoms with Crippen molar-refractivity contribution in [3.05, 3.63) is 52.2 Å². The monoisotopic (exact) mass is 457 g/mol. The highest BCUT2D eigenvalue weighted by Crippen LogP contribution is 2.28. The van der Waals surface area contributed by atoms with Gasteiger partial charge in [-0.3, -0.25) is 4.90 Å². The molecule has 0 radical (unpaired) electrons. The quantitative estimate of drug-likeness (QED) is 0.261. The molecule has 1 unspecified atom stereocenters. The molecule has 1 saturated heterocycles. The lowest BCUT2D eigenvalue weighted by Gasteiger charge is -2.30. The van der Waals surface area contributed by atoms with Crippen molar-refractivity contribution in [1.82, 2.24) is 9.88 Å². The van der Waals surface area contributed by atoms with Crippen molar-refractivity contribution in [3.8, 4) is 0 Å². The standard InChI is InChI=1S/C22H27N5S3/c1-15-5-4-10-27(12-15)13-16-6-3-7-17(11-16)24-22-26-19(14-29-22)25-21(23)18-8-9-20(28-2)30-18/h3,6-9,11,14-15H,4-5,10,12-13H2,1-2H3,(H2,23,25)(H,24,26). The number of thioether (sulfide) groups is 1. The maximum atomic E-state index is 6.17. The number of amidine groups is 1. The molecule has 0 aliphatic carbocycles. The Morgan fingerprint density at radius 2 is 2.27 bits per heavy atom. The van der Waals surface area contributed by atoms with Gasteiger partial charge in [0.1, 0.15) is 5.84 Å². The van der Waals surface area contributed by atoms with Gasteiger partial charge >= 0.3 is 0 Å². The molecule has 1 aromatic carbocycles. The first kappa shape index (κ1) is 21.4. The van der Waals surface area contributed by atoms with Crippen LogP contribution in [0.5, 0.6) is 0 Å². The second-order valence-corrected chi connectivity index (χ2v) is 10.7. The number of anilines is 2. The van der Waals surface area contributed by atoms with Crippen LogP contribution in [0.2, 0.25) is 0 Å². The summed E-state index contributed by atoms with van der Waals surface area (Å²) < 4.78 is 1.22. The van der Waals surface area contributed by atoms with Crippen molar-refractivity contribution in [2.75, 3.05) is 24.7 Å². The number of benzene rings is 1. The number of hydrogen-bond acceptors (Lipinski definition) is 7. The minimum absolute atomic E-state index is 0.509. The lowest BCUT2D eigenvalue weighted by atomic mass is 10.00. The van der Waals surface area contributed by atoms with Crippen molar-refractivity contribution in [1.29, 1.82) is 0 Å². The molecule has 8 heteroatoms. The first-order valence-electron chi connectivity index (χ1n) is 10.1. The SMILES string of the molecule is CSc1ccc(C(N)=Nc2csc(Nc3cccc(CN4CCCC(C)C4)c3)n2)s1. The molecule has 5 nitrogen and oxygen atoms in total. The Hall–Kier alpha value is -1.87. The molecule has 0 bridgehead atoms. The first-order valence-corrected chi connectivity index (χ1v) is 13.0. The summed E-state index contributed by atoms with van der Waals surface area (Å²) in [6.45, 7) is 5.73. The van der Waals surface area contributed by atoms with E-state index in [1.165, 1.54) is 47.0 Å². The van der Waals surface area contributed by atoms with Gasteiger partial charge in [-0.25, -0.2) is 9.98 Å². The number of likely N-dealkylation sites (tertiary alicyclic amines) is 1. The predicted molar refractivity (Wildman–Crippen MR) is 132 cm³/mol. The van der Waals surface area contributed by atoms with Gasteiger partial charge in [0.15, 0.2) is 10.9 Å². The van der Waals surface area contributed by atoms with Crippen molar-refractivity contribution in [3.63, 3.8) is 0 Å². The van der Waals surface area contributed by atoms with Crippen LogP contribution in [0.4, 0.5) is 16.6 Å². The Bertz CT molecular complexity index is 1010. The molecule has 0 saturated carbocycles. The predicted octanol–water partition coefficient (Wildman–Crippen LogP) is 5.94. The molecule has 30 heavy (non-hydrogen) atoms. The smallest absolute Gasteiger partial charge is 0.189 e. The lowest BCUT2D eigenvalue weighted by molar-refractivity contribution is 0.176. The van der Waals surface area contributed by atoms with Crippen LogP contribution >= 0.6 is 34.4 Å².